The third-order valence-electron chi connectivity index (χ3n) is 26.4. The molecule has 0 aromatic heterocycles. The van der Waals surface area contributed by atoms with Gasteiger partial charge in [-0.2, -0.15) is 0 Å². The van der Waals surface area contributed by atoms with E-state index in [1.165, 1.54) is 255 Å². The van der Waals surface area contributed by atoms with Crippen molar-refractivity contribution in [1.82, 2.24) is 0 Å². The summed E-state index contributed by atoms with van der Waals surface area (Å²) in [6, 6.07) is 88.6. The molecular formula is C106H113N. The molecule has 5 aliphatic carbocycles. The summed E-state index contributed by atoms with van der Waals surface area (Å²) >= 11 is 0. The molecule has 0 aliphatic heterocycles. The molecule has 16 rings (SSSR count). The molecule has 0 amide bonds. The molecule has 0 atom stereocenters. The first-order chi connectivity index (χ1) is 52.6. The molecule has 0 fully saturated rings. The van der Waals surface area contributed by atoms with Gasteiger partial charge in [-0.15, -0.1) is 13.2 Å². The monoisotopic (exact) mass is 1400 g/mol. The normalized spacial score (nSPS) is 14.5. The van der Waals surface area contributed by atoms with Crippen molar-refractivity contribution in [3.63, 3.8) is 0 Å². The second kappa shape index (κ2) is 31.9. The van der Waals surface area contributed by atoms with Crippen molar-refractivity contribution in [1.29, 1.82) is 0 Å². The fourth-order valence-corrected chi connectivity index (χ4v) is 20.2. The van der Waals surface area contributed by atoms with E-state index in [0.29, 0.717) is 0 Å². The lowest BCUT2D eigenvalue weighted by molar-refractivity contribution is 0.402. The molecule has 0 radical (unpaired) electrons. The zero-order chi connectivity index (χ0) is 72.9. The van der Waals surface area contributed by atoms with Crippen molar-refractivity contribution in [3.05, 3.63) is 338 Å². The number of nitrogens with two attached hydrogens (primary N) is 1. The minimum Gasteiger partial charge on any atom is -0.399 e. The second-order valence-electron chi connectivity index (χ2n) is 33.1. The smallest absolute Gasteiger partial charge is 0.0714 e. The Morgan fingerprint density at radius 1 is 0.299 bits per heavy atom. The first kappa shape index (κ1) is 71.9. The van der Waals surface area contributed by atoms with Crippen LogP contribution in [0.1, 0.15) is 250 Å². The molecule has 542 valence electrons. The topological polar surface area (TPSA) is 26.0 Å². The molecule has 0 unspecified atom stereocenters. The number of allylic oxidation sites excluding steroid dienone is 2. The van der Waals surface area contributed by atoms with Crippen molar-refractivity contribution in [2.75, 3.05) is 5.73 Å². The van der Waals surface area contributed by atoms with Crippen LogP contribution in [0.3, 0.4) is 0 Å². The van der Waals surface area contributed by atoms with Crippen molar-refractivity contribution < 1.29 is 0 Å². The lowest BCUT2D eigenvalue weighted by Gasteiger charge is -2.35. The highest BCUT2D eigenvalue weighted by molar-refractivity contribution is 5.92. The minimum absolute atomic E-state index is 0.0794. The number of fused-ring (bicyclic) bond motifs is 11. The van der Waals surface area contributed by atoms with Crippen molar-refractivity contribution >= 4 is 5.69 Å². The first-order valence-electron chi connectivity index (χ1n) is 41.9. The van der Waals surface area contributed by atoms with Gasteiger partial charge in [-0.3, -0.25) is 0 Å². The van der Waals surface area contributed by atoms with E-state index in [4.69, 9.17) is 5.73 Å². The molecular weight excluding hydrogens is 1290 g/mol. The maximum absolute atomic E-state index is 6.40. The Morgan fingerprint density at radius 2 is 0.626 bits per heavy atom. The Labute approximate surface area is 642 Å². The van der Waals surface area contributed by atoms with E-state index in [0.717, 1.165) is 82.7 Å². The summed E-state index contributed by atoms with van der Waals surface area (Å²) in [6.07, 6.45) is 39.6. The van der Waals surface area contributed by atoms with Crippen LogP contribution in [-0.2, 0) is 67.6 Å². The van der Waals surface area contributed by atoms with Crippen LogP contribution < -0.4 is 5.73 Å². The molecule has 0 heterocycles. The lowest BCUT2D eigenvalue weighted by Crippen LogP contribution is -2.29. The van der Waals surface area contributed by atoms with Gasteiger partial charge in [-0.1, -0.05) is 272 Å². The van der Waals surface area contributed by atoms with Crippen LogP contribution in [-0.4, -0.2) is 0 Å². The first-order valence-corrected chi connectivity index (χ1v) is 41.9. The summed E-state index contributed by atoms with van der Waals surface area (Å²) in [7, 11) is 0. The number of benzene rings is 11. The maximum Gasteiger partial charge on any atom is 0.0714 e. The Morgan fingerprint density at radius 3 is 1.01 bits per heavy atom. The predicted octanol–water partition coefficient (Wildman–Crippen LogP) is 28.2. The number of hydrogen-bond donors (Lipinski definition) is 1. The lowest BCUT2D eigenvalue weighted by atomic mass is 9.66. The van der Waals surface area contributed by atoms with E-state index < -0.39 is 5.41 Å². The number of anilines is 1. The fraction of sp³-hybridized carbons (Fsp3) is 0.340. The molecule has 0 saturated carbocycles. The van der Waals surface area contributed by atoms with Crippen LogP contribution >= 0.6 is 0 Å². The SMILES string of the molecule is C=CCCCC1(CCCC=C)c2cc(C)ccc2-c2ccc(-c3ccc4c(c3)C(CCCCCc3ccc5c(c3)CC5)(CCCCCc3ccc5c(c3)CC5)c3cc(-c5ccc6c(c5)C(c5ccc(CCCCCC)cc5)(c5ccc(CCCCCC)cc5)c5cc(-c7ccc(N)cc7)ccc5-6)ccc3-4)cc21. The van der Waals surface area contributed by atoms with Gasteiger partial charge in [0.1, 0.15) is 0 Å². The molecule has 11 aromatic rings. The Hall–Kier alpha value is -9.30. The summed E-state index contributed by atoms with van der Waals surface area (Å²) in [5, 5.41) is 0. The van der Waals surface area contributed by atoms with Crippen molar-refractivity contribution in [2.45, 2.75) is 230 Å². The molecule has 2 N–H and O–H groups in total. The molecule has 0 bridgehead atoms. The Balaban J connectivity index is 0.837. The standard InChI is InChI=1S/C106H113N/c1-6-10-14-18-26-75-33-50-89(51-34-75)106(90-52-35-76(36-53-90)27-19-15-11-7-2)102-72-84(81-43-54-91(107)55-44-81)45-60-96(102)97-61-49-88(73-103(97)106)87-48-59-95-94-58-47-86(85-46-57-93-92-56-30-74(5)66-98(92)104(99(93)69-85,62-22-12-8-3)63-23-13-9-4)70-100(94)105(101(95)71-87,64-24-16-20-28-77-31-37-79-39-41-82(79)67-77)65-25-17-21-29-78-32-38-80-40-42-83(80)68-78/h8-9,30-38,43-61,66-73H,3-4,6-7,10-29,39-42,62-65,107H2,1-2,5H3. The van der Waals surface area contributed by atoms with E-state index in [-0.39, 0.29) is 10.8 Å². The Kier molecular flexibility index (Phi) is 21.4. The number of rotatable bonds is 35. The maximum atomic E-state index is 6.40. The van der Waals surface area contributed by atoms with E-state index in [1.807, 2.05) is 0 Å². The van der Waals surface area contributed by atoms with E-state index in [9.17, 15) is 0 Å². The van der Waals surface area contributed by atoms with Crippen LogP contribution in [0.4, 0.5) is 5.69 Å². The zero-order valence-corrected chi connectivity index (χ0v) is 64.6. The number of aryl methyl sites for hydroxylation is 9. The highest BCUT2D eigenvalue weighted by atomic mass is 14.5. The van der Waals surface area contributed by atoms with Crippen LogP contribution in [0.5, 0.6) is 0 Å². The zero-order valence-electron chi connectivity index (χ0n) is 64.6. The van der Waals surface area contributed by atoms with Gasteiger partial charge in [0.2, 0.25) is 0 Å². The molecule has 1 nitrogen and oxygen atoms in total. The average Bonchev–Trinajstić information content (AvgIpc) is 1.68. The van der Waals surface area contributed by atoms with Crippen LogP contribution in [0.25, 0.3) is 66.8 Å². The van der Waals surface area contributed by atoms with Crippen molar-refractivity contribution in [2.24, 2.45) is 0 Å². The third kappa shape index (κ3) is 14.0. The highest BCUT2D eigenvalue weighted by Gasteiger charge is 2.48. The van der Waals surface area contributed by atoms with Crippen molar-refractivity contribution in [3.8, 4) is 66.8 Å². The van der Waals surface area contributed by atoms with Gasteiger partial charge in [0.05, 0.1) is 5.41 Å². The van der Waals surface area contributed by atoms with Gasteiger partial charge in [-0.25, -0.2) is 0 Å². The summed E-state index contributed by atoms with van der Waals surface area (Å²) in [5.74, 6) is 0. The van der Waals surface area contributed by atoms with Gasteiger partial charge in [0.25, 0.3) is 0 Å². The van der Waals surface area contributed by atoms with Gasteiger partial charge in [-0.05, 0) is 334 Å². The summed E-state index contributed by atoms with van der Waals surface area (Å²) in [4.78, 5) is 0. The van der Waals surface area contributed by atoms with Gasteiger partial charge < -0.3 is 5.73 Å². The fourth-order valence-electron chi connectivity index (χ4n) is 20.2. The third-order valence-corrected chi connectivity index (χ3v) is 26.4. The van der Waals surface area contributed by atoms with Crippen LogP contribution in [0.2, 0.25) is 0 Å². The van der Waals surface area contributed by atoms with Gasteiger partial charge in [0.15, 0.2) is 0 Å². The number of nitrogen functional groups attached to an aromatic ring is 1. The number of hydrogen-bond acceptors (Lipinski definition) is 1. The van der Waals surface area contributed by atoms with Crippen LogP contribution in [0, 0.1) is 6.92 Å². The largest absolute Gasteiger partial charge is 0.399 e. The predicted molar refractivity (Wildman–Crippen MR) is 457 cm³/mol. The molecule has 0 saturated heterocycles. The van der Waals surface area contributed by atoms with E-state index in [2.05, 4.69) is 264 Å². The summed E-state index contributed by atoms with van der Waals surface area (Å²) < 4.78 is 0. The molecule has 0 spiro atoms. The minimum atomic E-state index is -0.601. The molecule has 5 aliphatic rings. The van der Waals surface area contributed by atoms with Crippen LogP contribution in [0.15, 0.2) is 244 Å². The highest BCUT2D eigenvalue weighted by Crippen LogP contribution is 2.61. The quantitative estimate of drug-likeness (QED) is 0.0239. The molecule has 11 aromatic carbocycles. The van der Waals surface area contributed by atoms with Gasteiger partial charge >= 0.3 is 0 Å². The van der Waals surface area contributed by atoms with E-state index in [1.54, 1.807) is 22.3 Å². The average molecular weight is 1400 g/mol. The van der Waals surface area contributed by atoms with Gasteiger partial charge in [0, 0.05) is 16.5 Å². The number of unbranched alkanes of at least 4 members (excludes halogenated alkanes) is 12. The Bertz CT molecular complexity index is 4890. The molecule has 107 heavy (non-hydrogen) atoms. The summed E-state index contributed by atoms with van der Waals surface area (Å²) in [5.41, 5.74) is 47.2. The molecule has 1 heteroatoms. The van der Waals surface area contributed by atoms with E-state index >= 15 is 0 Å². The summed E-state index contributed by atoms with van der Waals surface area (Å²) in [6.45, 7) is 15.3. The second-order valence-corrected chi connectivity index (χ2v) is 33.1.